The molecule has 1 fully saturated rings. The number of amides is 1. The first-order chi connectivity index (χ1) is 11.8. The zero-order chi connectivity index (χ0) is 17.8. The second-order valence-electron chi connectivity index (χ2n) is 6.77. The number of fused-ring (bicyclic) bond motifs is 3. The van der Waals surface area contributed by atoms with Crippen LogP contribution in [-0.2, 0) is 11.8 Å². The predicted octanol–water partition coefficient (Wildman–Crippen LogP) is 4.68. The molecule has 25 heavy (non-hydrogen) atoms. The first kappa shape index (κ1) is 16.8. The Morgan fingerprint density at radius 1 is 1.20 bits per heavy atom. The summed E-state index contributed by atoms with van der Waals surface area (Å²) in [5.74, 6) is -0.0938. The second kappa shape index (κ2) is 5.68. The van der Waals surface area contributed by atoms with Crippen LogP contribution in [0.3, 0.4) is 0 Å². The van der Waals surface area contributed by atoms with Crippen molar-refractivity contribution >= 4 is 65.8 Å². The van der Waals surface area contributed by atoms with E-state index in [2.05, 4.69) is 78.3 Å². The fourth-order valence-electron chi connectivity index (χ4n) is 3.20. The minimum absolute atomic E-state index is 0.0938. The molecule has 0 radical (unpaired) electrons. The van der Waals surface area contributed by atoms with Gasteiger partial charge in [-0.05, 0) is 37.1 Å². The van der Waals surface area contributed by atoms with Crippen LogP contribution in [0.2, 0.25) is 0 Å². The van der Waals surface area contributed by atoms with E-state index in [0.717, 1.165) is 12.0 Å². The fourth-order valence-corrected chi connectivity index (χ4v) is 4.68. The van der Waals surface area contributed by atoms with Gasteiger partial charge in [-0.25, -0.2) is 5.43 Å². The lowest BCUT2D eigenvalue weighted by Crippen LogP contribution is -2.29. The molecule has 1 N–H and O–H groups in total. The van der Waals surface area contributed by atoms with E-state index in [1.807, 2.05) is 25.1 Å². The topological polar surface area (TPSA) is 46.4 Å². The van der Waals surface area contributed by atoms with Crippen LogP contribution >= 0.6 is 31.9 Å². The summed E-state index contributed by atoms with van der Waals surface area (Å²) in [5, 5.41) is 6.53. The van der Waals surface area contributed by atoms with Gasteiger partial charge in [0.15, 0.2) is 0 Å². The van der Waals surface area contributed by atoms with Crippen LogP contribution in [0.25, 0.3) is 21.8 Å². The Morgan fingerprint density at radius 2 is 1.88 bits per heavy atom. The number of nitrogens with one attached hydrogen (secondary N) is 1. The lowest BCUT2D eigenvalue weighted by Gasteiger charge is -2.09. The van der Waals surface area contributed by atoms with Crippen LogP contribution in [0.5, 0.6) is 0 Å². The van der Waals surface area contributed by atoms with Crippen molar-refractivity contribution in [2.45, 2.75) is 16.6 Å². The van der Waals surface area contributed by atoms with Crippen LogP contribution < -0.4 is 5.43 Å². The summed E-state index contributed by atoms with van der Waals surface area (Å²) >= 11 is 7.00. The largest absolute Gasteiger partial charge is 0.344 e. The van der Waals surface area contributed by atoms with Crippen molar-refractivity contribution in [3.63, 3.8) is 0 Å². The van der Waals surface area contributed by atoms with Crippen molar-refractivity contribution in [1.29, 1.82) is 0 Å². The highest BCUT2D eigenvalue weighted by Crippen LogP contribution is 2.66. The summed E-state index contributed by atoms with van der Waals surface area (Å²) in [6.45, 7) is 1.91. The van der Waals surface area contributed by atoms with Gasteiger partial charge in [0.25, 0.3) is 0 Å². The molecular weight excluding hydrogens is 446 g/mol. The third-order valence-electron chi connectivity index (χ3n) is 5.08. The van der Waals surface area contributed by atoms with Crippen LogP contribution in [0.1, 0.15) is 18.9 Å². The number of carbonyl (C=O) groups is 1. The number of hydrogen-bond acceptors (Lipinski definition) is 2. The number of hydrazone groups is 1. The van der Waals surface area contributed by atoms with E-state index in [9.17, 15) is 4.79 Å². The van der Waals surface area contributed by atoms with E-state index in [0.29, 0.717) is 0 Å². The normalized spacial score (nSPS) is 21.9. The standard InChI is InChI=1S/C19H17Br2N3O/c1-18(11-19(18,20)21)17(25)23-22-10-12-7-8-16-14(9-12)13-5-3-4-6-15(13)24(16)2/h3-10H,11H2,1-2H3,(H,23,25)/b22-10-/t18-/m0/s1. The molecule has 6 heteroatoms. The molecular formula is C19H17Br2N3O. The summed E-state index contributed by atoms with van der Waals surface area (Å²) in [6.07, 6.45) is 2.43. The monoisotopic (exact) mass is 461 g/mol. The van der Waals surface area contributed by atoms with E-state index in [4.69, 9.17) is 0 Å². The highest BCUT2D eigenvalue weighted by molar-refractivity contribution is 9.25. The Labute approximate surface area is 162 Å². The lowest BCUT2D eigenvalue weighted by atomic mass is 10.1. The smallest absolute Gasteiger partial charge is 0.248 e. The number of rotatable bonds is 3. The van der Waals surface area contributed by atoms with E-state index in [-0.39, 0.29) is 9.14 Å². The zero-order valence-corrected chi connectivity index (χ0v) is 17.1. The minimum atomic E-state index is -0.468. The van der Waals surface area contributed by atoms with Gasteiger partial charge in [-0.2, -0.15) is 5.10 Å². The summed E-state index contributed by atoms with van der Waals surface area (Å²) in [6, 6.07) is 14.5. The number of hydrogen-bond donors (Lipinski definition) is 1. The van der Waals surface area contributed by atoms with Gasteiger partial charge in [0.1, 0.15) is 0 Å². The maximum Gasteiger partial charge on any atom is 0.248 e. The Morgan fingerprint density at radius 3 is 2.60 bits per heavy atom. The Kier molecular flexibility index (Phi) is 3.81. The molecule has 0 bridgehead atoms. The Balaban J connectivity index is 1.60. The summed E-state index contributed by atoms with van der Waals surface area (Å²) in [7, 11) is 2.07. The zero-order valence-electron chi connectivity index (χ0n) is 13.9. The molecule has 1 aliphatic carbocycles. The predicted molar refractivity (Wildman–Crippen MR) is 109 cm³/mol. The van der Waals surface area contributed by atoms with Crippen molar-refractivity contribution in [2.75, 3.05) is 0 Å². The number of alkyl halides is 2. The number of halogens is 2. The molecule has 0 aliphatic heterocycles. The van der Waals surface area contributed by atoms with E-state index in [1.54, 1.807) is 6.21 Å². The SMILES string of the molecule is Cn1c2ccccc2c2cc(/C=N\NC(=O)[C@]3(C)CC3(Br)Br)ccc21. The average Bonchev–Trinajstić information content (AvgIpc) is 3.00. The maximum atomic E-state index is 12.2. The van der Waals surface area contributed by atoms with Crippen molar-refractivity contribution in [2.24, 2.45) is 17.6 Å². The van der Waals surface area contributed by atoms with Crippen LogP contribution in [0, 0.1) is 5.41 Å². The van der Waals surface area contributed by atoms with E-state index in [1.165, 1.54) is 21.8 Å². The lowest BCUT2D eigenvalue weighted by molar-refractivity contribution is -0.125. The molecule has 0 unspecified atom stereocenters. The summed E-state index contributed by atoms with van der Waals surface area (Å²) < 4.78 is 1.88. The molecule has 0 spiro atoms. The molecule has 1 saturated carbocycles. The first-order valence-corrected chi connectivity index (χ1v) is 9.61. The number of carbonyl (C=O) groups excluding carboxylic acids is 1. The van der Waals surface area contributed by atoms with Gasteiger partial charge in [-0.1, -0.05) is 56.1 Å². The molecule has 0 saturated heterocycles. The second-order valence-corrected chi connectivity index (χ2v) is 10.5. The Bertz CT molecular complexity index is 1040. The van der Waals surface area contributed by atoms with Crippen LogP contribution in [0.4, 0.5) is 0 Å². The van der Waals surface area contributed by atoms with E-state index < -0.39 is 5.41 Å². The quantitative estimate of drug-likeness (QED) is 0.343. The van der Waals surface area contributed by atoms with Gasteiger partial charge < -0.3 is 4.57 Å². The molecule has 3 aromatic rings. The van der Waals surface area contributed by atoms with Gasteiger partial charge in [0, 0.05) is 28.9 Å². The van der Waals surface area contributed by atoms with Gasteiger partial charge in [-0.15, -0.1) is 0 Å². The van der Waals surface area contributed by atoms with Gasteiger partial charge in [0.05, 0.1) is 14.9 Å². The molecule has 1 aliphatic rings. The van der Waals surface area contributed by atoms with E-state index >= 15 is 0 Å². The minimum Gasteiger partial charge on any atom is -0.344 e. The van der Waals surface area contributed by atoms with Crippen LogP contribution in [0.15, 0.2) is 47.6 Å². The molecule has 2 aromatic carbocycles. The average molecular weight is 463 g/mol. The van der Waals surface area contributed by atoms with Crippen molar-refractivity contribution in [3.8, 4) is 0 Å². The van der Waals surface area contributed by atoms with Crippen molar-refractivity contribution in [1.82, 2.24) is 9.99 Å². The third kappa shape index (κ3) is 2.62. The van der Waals surface area contributed by atoms with Crippen LogP contribution in [-0.4, -0.2) is 19.9 Å². The molecule has 1 heterocycles. The van der Waals surface area contributed by atoms with Gasteiger partial charge >= 0.3 is 0 Å². The van der Waals surface area contributed by atoms with Crippen molar-refractivity contribution < 1.29 is 4.79 Å². The van der Waals surface area contributed by atoms with Crippen molar-refractivity contribution in [3.05, 3.63) is 48.0 Å². The highest BCUT2D eigenvalue weighted by Gasteiger charge is 2.66. The highest BCUT2D eigenvalue weighted by atomic mass is 79.9. The molecule has 4 rings (SSSR count). The van der Waals surface area contributed by atoms with Gasteiger partial charge in [0.2, 0.25) is 5.91 Å². The number of benzene rings is 2. The number of aryl methyl sites for hydroxylation is 1. The molecule has 4 nitrogen and oxygen atoms in total. The first-order valence-electron chi connectivity index (χ1n) is 8.02. The number of nitrogens with zero attached hydrogens (tertiary/aromatic N) is 2. The third-order valence-corrected chi connectivity index (χ3v) is 7.39. The maximum absolute atomic E-state index is 12.2. The molecule has 1 atom stereocenters. The summed E-state index contributed by atoms with van der Waals surface area (Å²) in [4.78, 5) is 12.2. The Hall–Kier alpha value is -1.66. The summed E-state index contributed by atoms with van der Waals surface area (Å²) in [5.41, 5.74) is 5.51. The number of para-hydroxylation sites is 1. The molecule has 1 amide bonds. The molecule has 1 aromatic heterocycles. The number of aromatic nitrogens is 1. The molecule has 128 valence electrons. The van der Waals surface area contributed by atoms with Gasteiger partial charge in [-0.3, -0.25) is 4.79 Å². The fraction of sp³-hybridized carbons (Fsp3) is 0.263.